The van der Waals surface area contributed by atoms with Gasteiger partial charge >= 0.3 is 5.97 Å². The molecule has 0 aliphatic heterocycles. The summed E-state index contributed by atoms with van der Waals surface area (Å²) in [6.45, 7) is -0.534. The van der Waals surface area contributed by atoms with Crippen molar-refractivity contribution in [3.63, 3.8) is 0 Å². The van der Waals surface area contributed by atoms with Gasteiger partial charge < -0.3 is 10.1 Å². The van der Waals surface area contributed by atoms with Crippen molar-refractivity contribution in [1.82, 2.24) is 0 Å². The quantitative estimate of drug-likeness (QED) is 0.846. The van der Waals surface area contributed by atoms with E-state index in [0.717, 1.165) is 24.5 Å². The fourth-order valence-electron chi connectivity index (χ4n) is 3.84. The van der Waals surface area contributed by atoms with E-state index in [1.165, 1.54) is 25.3 Å². The van der Waals surface area contributed by atoms with Crippen molar-refractivity contribution in [3.05, 3.63) is 29.8 Å². The zero-order chi connectivity index (χ0) is 16.4. The molecule has 0 heterocycles. The Morgan fingerprint density at radius 3 is 2.52 bits per heavy atom. The number of rotatable bonds is 5. The molecule has 1 N–H and O–H groups in total. The zero-order valence-electron chi connectivity index (χ0n) is 12.7. The highest BCUT2D eigenvalue weighted by atomic mass is 19.1. The molecule has 2 aliphatic rings. The highest BCUT2D eigenvalue weighted by Crippen LogP contribution is 2.49. The lowest BCUT2D eigenvalue weighted by atomic mass is 9.86. The summed E-state index contributed by atoms with van der Waals surface area (Å²) < 4.78 is 31.7. The van der Waals surface area contributed by atoms with Crippen LogP contribution in [0.1, 0.15) is 32.1 Å². The van der Waals surface area contributed by atoms with E-state index in [-0.39, 0.29) is 0 Å². The lowest BCUT2D eigenvalue weighted by Crippen LogP contribution is -2.24. The standard InChI is InChI=1S/C17H19F2NO3/c18-13-2-1-3-14(19)17(13)20-15(21)9-23-16(22)8-12-7-10-4-5-11(12)6-10/h1-3,10-12H,4-9H2,(H,20,21)/t10-,11+,12-/m1/s1. The van der Waals surface area contributed by atoms with Crippen LogP contribution in [0.2, 0.25) is 0 Å². The largest absolute Gasteiger partial charge is 0.456 e. The number of carbonyl (C=O) groups is 2. The minimum atomic E-state index is -0.869. The molecule has 0 saturated heterocycles. The lowest BCUT2D eigenvalue weighted by Gasteiger charge is -2.20. The van der Waals surface area contributed by atoms with Crippen LogP contribution in [-0.4, -0.2) is 18.5 Å². The summed E-state index contributed by atoms with van der Waals surface area (Å²) in [7, 11) is 0. The topological polar surface area (TPSA) is 55.4 Å². The van der Waals surface area contributed by atoms with E-state index in [2.05, 4.69) is 5.32 Å². The summed E-state index contributed by atoms with van der Waals surface area (Å²) in [5, 5.41) is 2.09. The maximum atomic E-state index is 13.4. The predicted octanol–water partition coefficient (Wildman–Crippen LogP) is 3.27. The second-order valence-electron chi connectivity index (χ2n) is 6.44. The van der Waals surface area contributed by atoms with Crippen LogP contribution in [0.5, 0.6) is 0 Å². The summed E-state index contributed by atoms with van der Waals surface area (Å²) in [6, 6.07) is 3.29. The van der Waals surface area contributed by atoms with Gasteiger partial charge in [0.2, 0.25) is 0 Å². The van der Waals surface area contributed by atoms with Gasteiger partial charge in [-0.15, -0.1) is 0 Å². The van der Waals surface area contributed by atoms with E-state index in [1.807, 2.05) is 0 Å². The summed E-state index contributed by atoms with van der Waals surface area (Å²) >= 11 is 0. The highest BCUT2D eigenvalue weighted by molar-refractivity contribution is 5.93. The summed E-state index contributed by atoms with van der Waals surface area (Å²) in [4.78, 5) is 23.5. The molecule has 0 spiro atoms. The Morgan fingerprint density at radius 2 is 1.91 bits per heavy atom. The van der Waals surface area contributed by atoms with Gasteiger partial charge in [0.05, 0.1) is 0 Å². The number of amides is 1. The first-order valence-corrected chi connectivity index (χ1v) is 7.92. The van der Waals surface area contributed by atoms with Gasteiger partial charge in [-0.1, -0.05) is 12.5 Å². The molecule has 1 aromatic rings. The van der Waals surface area contributed by atoms with Gasteiger partial charge in [-0.2, -0.15) is 0 Å². The average molecular weight is 323 g/mol. The van der Waals surface area contributed by atoms with Gasteiger partial charge in [0.1, 0.15) is 17.3 Å². The van der Waals surface area contributed by atoms with Crippen LogP contribution in [0, 0.1) is 29.4 Å². The zero-order valence-corrected chi connectivity index (χ0v) is 12.7. The van der Waals surface area contributed by atoms with Crippen LogP contribution in [0.3, 0.4) is 0 Å². The first-order valence-electron chi connectivity index (χ1n) is 7.92. The van der Waals surface area contributed by atoms with Crippen molar-refractivity contribution in [3.8, 4) is 0 Å². The summed E-state index contributed by atoms with van der Waals surface area (Å²) in [5.41, 5.74) is -0.526. The van der Waals surface area contributed by atoms with Crippen LogP contribution in [-0.2, 0) is 14.3 Å². The second kappa shape index (κ2) is 6.64. The minimum Gasteiger partial charge on any atom is -0.456 e. The van der Waals surface area contributed by atoms with Crippen molar-refractivity contribution in [1.29, 1.82) is 0 Å². The molecular weight excluding hydrogens is 304 g/mol. The van der Waals surface area contributed by atoms with Crippen molar-refractivity contribution >= 4 is 17.6 Å². The van der Waals surface area contributed by atoms with Crippen LogP contribution >= 0.6 is 0 Å². The van der Waals surface area contributed by atoms with Crippen LogP contribution in [0.25, 0.3) is 0 Å². The number of para-hydroxylation sites is 1. The van der Waals surface area contributed by atoms with Gasteiger partial charge in [-0.25, -0.2) is 8.78 Å². The Morgan fingerprint density at radius 1 is 1.17 bits per heavy atom. The number of fused-ring (bicyclic) bond motifs is 2. The Kier molecular flexibility index (Phi) is 4.59. The summed E-state index contributed by atoms with van der Waals surface area (Å²) in [6.07, 6.45) is 5.02. The molecule has 6 heteroatoms. The van der Waals surface area contributed by atoms with Crippen molar-refractivity contribution in [2.24, 2.45) is 17.8 Å². The molecule has 3 rings (SSSR count). The van der Waals surface area contributed by atoms with Crippen LogP contribution in [0.15, 0.2) is 18.2 Å². The van der Waals surface area contributed by atoms with E-state index >= 15 is 0 Å². The monoisotopic (exact) mass is 323 g/mol. The molecule has 2 aliphatic carbocycles. The molecule has 1 aromatic carbocycles. The van der Waals surface area contributed by atoms with Crippen molar-refractivity contribution < 1.29 is 23.1 Å². The van der Waals surface area contributed by atoms with Gasteiger partial charge in [0, 0.05) is 6.42 Å². The Bertz CT molecular complexity index is 600. The van der Waals surface area contributed by atoms with E-state index in [9.17, 15) is 18.4 Å². The van der Waals surface area contributed by atoms with Crippen LogP contribution in [0.4, 0.5) is 14.5 Å². The number of anilines is 1. The smallest absolute Gasteiger partial charge is 0.306 e. The number of carbonyl (C=O) groups excluding carboxylic acids is 2. The van der Waals surface area contributed by atoms with Crippen molar-refractivity contribution in [2.45, 2.75) is 32.1 Å². The number of hydrogen-bond acceptors (Lipinski definition) is 3. The van der Waals surface area contributed by atoms with E-state index in [1.54, 1.807) is 0 Å². The number of hydrogen-bond donors (Lipinski definition) is 1. The molecule has 2 bridgehead atoms. The number of benzene rings is 1. The molecule has 2 fully saturated rings. The van der Waals surface area contributed by atoms with Crippen molar-refractivity contribution in [2.75, 3.05) is 11.9 Å². The Balaban J connectivity index is 1.44. The highest BCUT2D eigenvalue weighted by Gasteiger charge is 2.40. The fourth-order valence-corrected chi connectivity index (χ4v) is 3.84. The molecular formula is C17H19F2NO3. The predicted molar refractivity (Wildman–Crippen MR) is 79.5 cm³/mol. The molecule has 4 nitrogen and oxygen atoms in total. The normalized spacial score (nSPS) is 25.4. The summed E-state index contributed by atoms with van der Waals surface area (Å²) in [5.74, 6) is -1.22. The molecule has 0 aromatic heterocycles. The van der Waals surface area contributed by atoms with Gasteiger partial charge in [-0.05, 0) is 49.1 Å². The molecule has 1 amide bonds. The molecule has 0 radical (unpaired) electrons. The fraction of sp³-hybridized carbons (Fsp3) is 0.529. The number of nitrogens with one attached hydrogen (secondary N) is 1. The molecule has 0 unspecified atom stereocenters. The average Bonchev–Trinajstić information content (AvgIpc) is 3.12. The SMILES string of the molecule is O=C(COC(=O)C[C@H]1C[C@@H]2CC[C@H]1C2)Nc1c(F)cccc1F. The lowest BCUT2D eigenvalue weighted by molar-refractivity contribution is -0.148. The number of halogens is 2. The third-order valence-electron chi connectivity index (χ3n) is 4.90. The van der Waals surface area contributed by atoms with E-state index < -0.39 is 35.8 Å². The first-order chi connectivity index (χ1) is 11.0. The third kappa shape index (κ3) is 3.68. The maximum Gasteiger partial charge on any atom is 0.306 e. The van der Waals surface area contributed by atoms with Crippen LogP contribution < -0.4 is 5.32 Å². The Labute approximate surface area is 133 Å². The maximum absolute atomic E-state index is 13.4. The number of ether oxygens (including phenoxy) is 1. The van der Waals surface area contributed by atoms with E-state index in [4.69, 9.17) is 4.74 Å². The molecule has 124 valence electrons. The first kappa shape index (κ1) is 15.9. The van der Waals surface area contributed by atoms with E-state index in [0.29, 0.717) is 18.3 Å². The molecule has 2 saturated carbocycles. The Hall–Kier alpha value is -1.98. The minimum absolute atomic E-state index is 0.322. The second-order valence-corrected chi connectivity index (χ2v) is 6.44. The third-order valence-corrected chi connectivity index (χ3v) is 4.90. The molecule has 3 atom stereocenters. The van der Waals surface area contributed by atoms with Gasteiger partial charge in [0.25, 0.3) is 5.91 Å². The number of esters is 1. The van der Waals surface area contributed by atoms with Gasteiger partial charge in [-0.3, -0.25) is 9.59 Å². The molecule has 23 heavy (non-hydrogen) atoms. The van der Waals surface area contributed by atoms with Gasteiger partial charge in [0.15, 0.2) is 6.61 Å².